The van der Waals surface area contributed by atoms with E-state index in [9.17, 15) is 0 Å². The van der Waals surface area contributed by atoms with E-state index < -0.39 is 0 Å². The molecular formula is C24H36N6O2. The summed E-state index contributed by atoms with van der Waals surface area (Å²) in [7, 11) is 2.18. The van der Waals surface area contributed by atoms with E-state index in [1.165, 1.54) is 0 Å². The Kier molecular flexibility index (Phi) is 6.95. The van der Waals surface area contributed by atoms with Crippen LogP contribution in [0.3, 0.4) is 0 Å². The molecule has 0 saturated carbocycles. The number of pyridine rings is 1. The van der Waals surface area contributed by atoms with Crippen molar-refractivity contribution >= 4 is 27.8 Å². The molecule has 1 aliphatic rings. The van der Waals surface area contributed by atoms with Gasteiger partial charge in [0.25, 0.3) is 0 Å². The van der Waals surface area contributed by atoms with Crippen LogP contribution in [0.2, 0.25) is 0 Å². The minimum atomic E-state index is -0.375. The lowest BCUT2D eigenvalue weighted by Gasteiger charge is -2.33. The molecule has 1 aliphatic heterocycles. The van der Waals surface area contributed by atoms with Crippen LogP contribution < -0.4 is 5.73 Å². The Labute approximate surface area is 190 Å². The summed E-state index contributed by atoms with van der Waals surface area (Å²) in [5, 5.41) is 1.04. The number of anilines is 1. The zero-order valence-corrected chi connectivity index (χ0v) is 19.8. The molecule has 174 valence electrons. The second-order valence-corrected chi connectivity index (χ2v) is 9.22. The van der Waals surface area contributed by atoms with Crippen LogP contribution in [0.15, 0.2) is 24.3 Å². The second kappa shape index (κ2) is 9.70. The third-order valence-electron chi connectivity index (χ3n) is 6.16. The number of benzene rings is 1. The number of rotatable bonds is 9. The van der Waals surface area contributed by atoms with Gasteiger partial charge in [-0.2, -0.15) is 0 Å². The molecule has 3 aromatic rings. The number of imidazole rings is 1. The van der Waals surface area contributed by atoms with E-state index in [2.05, 4.69) is 46.3 Å². The van der Waals surface area contributed by atoms with Crippen LogP contribution in [-0.4, -0.2) is 82.9 Å². The number of aromatic nitrogens is 3. The van der Waals surface area contributed by atoms with Crippen LogP contribution in [0.5, 0.6) is 0 Å². The molecule has 0 bridgehead atoms. The van der Waals surface area contributed by atoms with E-state index in [1.54, 1.807) is 0 Å². The van der Waals surface area contributed by atoms with E-state index in [0.717, 1.165) is 60.5 Å². The maximum Gasteiger partial charge on any atom is 0.152 e. The minimum Gasteiger partial charge on any atom is -0.382 e. The molecule has 2 N–H and O–H groups in total. The number of nitrogen functional groups attached to an aromatic ring is 1. The van der Waals surface area contributed by atoms with Gasteiger partial charge in [-0.3, -0.25) is 4.90 Å². The minimum absolute atomic E-state index is 0.375. The first kappa shape index (κ1) is 22.9. The highest BCUT2D eigenvalue weighted by atomic mass is 16.5. The predicted molar refractivity (Wildman–Crippen MR) is 129 cm³/mol. The van der Waals surface area contributed by atoms with Crippen LogP contribution in [0.25, 0.3) is 21.9 Å². The van der Waals surface area contributed by atoms with Gasteiger partial charge in [-0.05, 0) is 33.9 Å². The molecule has 1 fully saturated rings. The Balaban J connectivity index is 1.58. The maximum atomic E-state index is 6.39. The lowest BCUT2D eigenvalue weighted by atomic mass is 10.1. The summed E-state index contributed by atoms with van der Waals surface area (Å²) in [5.41, 5.74) is 8.52. The van der Waals surface area contributed by atoms with Gasteiger partial charge >= 0.3 is 0 Å². The normalized spacial score (nSPS) is 16.4. The van der Waals surface area contributed by atoms with Gasteiger partial charge in [0.2, 0.25) is 0 Å². The topological polar surface area (TPSA) is 81.7 Å². The fraction of sp³-hybridized carbons (Fsp3) is 0.583. The van der Waals surface area contributed by atoms with Gasteiger partial charge in [-0.25, -0.2) is 9.97 Å². The summed E-state index contributed by atoms with van der Waals surface area (Å²) in [6, 6.07) is 8.07. The number of likely N-dealkylation sites (N-methyl/N-ethyl adjacent to an activating group) is 1. The summed E-state index contributed by atoms with van der Waals surface area (Å²) in [4.78, 5) is 14.2. The first-order chi connectivity index (χ1) is 15.4. The number of hydrogen-bond donors (Lipinski definition) is 1. The van der Waals surface area contributed by atoms with Crippen LogP contribution in [0.1, 0.15) is 26.6 Å². The Morgan fingerprint density at radius 3 is 2.59 bits per heavy atom. The van der Waals surface area contributed by atoms with Gasteiger partial charge in [0.15, 0.2) is 5.82 Å². The molecule has 8 heteroatoms. The summed E-state index contributed by atoms with van der Waals surface area (Å²) < 4.78 is 14.3. The molecule has 0 unspecified atom stereocenters. The van der Waals surface area contributed by atoms with Gasteiger partial charge in [0.1, 0.15) is 17.9 Å². The number of nitrogens with two attached hydrogens (primary N) is 1. The van der Waals surface area contributed by atoms with E-state index in [1.807, 2.05) is 25.1 Å². The zero-order chi connectivity index (χ0) is 22.7. The maximum absolute atomic E-state index is 6.39. The highest BCUT2D eigenvalue weighted by Gasteiger charge is 2.25. The second-order valence-electron chi connectivity index (χ2n) is 9.22. The highest BCUT2D eigenvalue weighted by Crippen LogP contribution is 2.30. The van der Waals surface area contributed by atoms with E-state index >= 15 is 0 Å². The number of hydrogen-bond acceptors (Lipinski definition) is 7. The highest BCUT2D eigenvalue weighted by molar-refractivity contribution is 6.06. The molecule has 8 nitrogen and oxygen atoms in total. The van der Waals surface area contributed by atoms with E-state index in [0.29, 0.717) is 32.2 Å². The summed E-state index contributed by atoms with van der Waals surface area (Å²) in [6.07, 6.45) is 0. The van der Waals surface area contributed by atoms with Crippen LogP contribution in [0, 0.1) is 0 Å². The van der Waals surface area contributed by atoms with Crippen molar-refractivity contribution in [3.63, 3.8) is 0 Å². The van der Waals surface area contributed by atoms with Crippen molar-refractivity contribution in [2.24, 2.45) is 0 Å². The predicted octanol–water partition coefficient (Wildman–Crippen LogP) is 2.75. The third-order valence-corrected chi connectivity index (χ3v) is 6.16. The van der Waals surface area contributed by atoms with Crippen molar-refractivity contribution in [1.29, 1.82) is 0 Å². The zero-order valence-electron chi connectivity index (χ0n) is 19.8. The third kappa shape index (κ3) is 5.04. The fourth-order valence-electron chi connectivity index (χ4n) is 4.33. The first-order valence-corrected chi connectivity index (χ1v) is 11.5. The molecular weight excluding hydrogens is 404 g/mol. The van der Waals surface area contributed by atoms with Crippen molar-refractivity contribution in [2.75, 3.05) is 58.7 Å². The standard InChI is InChI=1S/C24H36N6O2/c1-5-31-16-20-27-21-22(18-8-6-7-9-19(18)26-23(21)25)30(20)17-24(2,3)32-15-14-29-12-10-28(4)11-13-29/h6-9H,5,10-17H2,1-4H3,(H2,25,26). The van der Waals surface area contributed by atoms with Gasteiger partial charge in [-0.1, -0.05) is 18.2 Å². The van der Waals surface area contributed by atoms with Gasteiger partial charge in [0, 0.05) is 44.7 Å². The molecule has 1 saturated heterocycles. The van der Waals surface area contributed by atoms with E-state index in [4.69, 9.17) is 20.2 Å². The molecule has 32 heavy (non-hydrogen) atoms. The molecule has 0 spiro atoms. The molecule has 2 aromatic heterocycles. The number of fused-ring (bicyclic) bond motifs is 3. The van der Waals surface area contributed by atoms with Crippen molar-refractivity contribution in [3.8, 4) is 0 Å². The fourth-order valence-corrected chi connectivity index (χ4v) is 4.33. The molecule has 1 aromatic carbocycles. The smallest absolute Gasteiger partial charge is 0.152 e. The summed E-state index contributed by atoms with van der Waals surface area (Å²) in [5.74, 6) is 1.30. The van der Waals surface area contributed by atoms with Crippen LogP contribution >= 0.6 is 0 Å². The van der Waals surface area contributed by atoms with E-state index in [-0.39, 0.29) is 5.60 Å². The van der Waals surface area contributed by atoms with Crippen LogP contribution in [-0.2, 0) is 22.6 Å². The van der Waals surface area contributed by atoms with Crippen molar-refractivity contribution in [1.82, 2.24) is 24.3 Å². The molecule has 4 rings (SSSR count). The van der Waals surface area contributed by atoms with Crippen LogP contribution in [0.4, 0.5) is 5.82 Å². The van der Waals surface area contributed by atoms with Crippen molar-refractivity contribution in [3.05, 3.63) is 30.1 Å². The Morgan fingerprint density at radius 1 is 1.09 bits per heavy atom. The number of piperazine rings is 1. The van der Waals surface area contributed by atoms with Crippen molar-refractivity contribution in [2.45, 2.75) is 39.5 Å². The SMILES string of the molecule is CCOCc1nc2c(N)nc3ccccc3c2n1CC(C)(C)OCCN1CCN(C)CC1. The largest absolute Gasteiger partial charge is 0.382 e. The van der Waals surface area contributed by atoms with Gasteiger partial charge < -0.3 is 24.7 Å². The number of nitrogens with zero attached hydrogens (tertiary/aromatic N) is 5. The molecule has 0 radical (unpaired) electrons. The summed E-state index contributed by atoms with van der Waals surface area (Å²) in [6.45, 7) is 14.1. The number of ether oxygens (including phenoxy) is 2. The lowest BCUT2D eigenvalue weighted by molar-refractivity contribution is -0.0405. The molecule has 3 heterocycles. The average Bonchev–Trinajstić information content (AvgIpc) is 3.12. The van der Waals surface area contributed by atoms with Gasteiger partial charge in [0.05, 0.1) is 29.8 Å². The quantitative estimate of drug-likeness (QED) is 0.548. The average molecular weight is 441 g/mol. The monoisotopic (exact) mass is 440 g/mol. The lowest BCUT2D eigenvalue weighted by Crippen LogP contribution is -2.46. The number of para-hydroxylation sites is 1. The van der Waals surface area contributed by atoms with Gasteiger partial charge in [-0.15, -0.1) is 0 Å². The molecule has 0 aliphatic carbocycles. The Bertz CT molecular complexity index is 1060. The van der Waals surface area contributed by atoms with Crippen molar-refractivity contribution < 1.29 is 9.47 Å². The first-order valence-electron chi connectivity index (χ1n) is 11.5. The molecule has 0 atom stereocenters. The summed E-state index contributed by atoms with van der Waals surface area (Å²) >= 11 is 0. The Hall–Kier alpha value is -2.26. The Morgan fingerprint density at radius 2 is 1.84 bits per heavy atom. The molecule has 0 amide bonds.